The Morgan fingerprint density at radius 2 is 1.43 bits per heavy atom. The van der Waals surface area contributed by atoms with E-state index in [9.17, 15) is 30.5 Å². The number of hydrogen-bond donors (Lipinski definition) is 0. The molecule has 4 saturated carbocycles. The summed E-state index contributed by atoms with van der Waals surface area (Å²) in [5.74, 6) is -3.70. The Labute approximate surface area is 155 Å². The second-order valence-corrected chi connectivity index (χ2v) is 9.08. The smallest absolute Gasteiger partial charge is 0.748 e. The molecular formula is C14H19F4NaO3S. The second-order valence-electron chi connectivity index (χ2n) is 7.53. The van der Waals surface area contributed by atoms with E-state index in [0.29, 0.717) is 19.3 Å². The van der Waals surface area contributed by atoms with Gasteiger partial charge in [-0.15, -0.1) is 0 Å². The predicted octanol–water partition coefficient (Wildman–Crippen LogP) is 0.411. The van der Waals surface area contributed by atoms with Crippen LogP contribution in [0.4, 0.5) is 17.6 Å². The molecule has 0 aliphatic heterocycles. The molecule has 0 radical (unpaired) electrons. The molecule has 4 aliphatic carbocycles. The van der Waals surface area contributed by atoms with Gasteiger partial charge in [0.25, 0.3) is 0 Å². The molecule has 0 aromatic carbocycles. The third kappa shape index (κ3) is 3.76. The first kappa shape index (κ1) is 19.9. The fourth-order valence-corrected chi connectivity index (χ4v) is 6.86. The van der Waals surface area contributed by atoms with Crippen LogP contribution < -0.4 is 29.6 Å². The average Bonchev–Trinajstić information content (AvgIpc) is 2.32. The largest absolute Gasteiger partial charge is 1.00 e. The van der Waals surface area contributed by atoms with E-state index in [1.807, 2.05) is 0 Å². The monoisotopic (exact) mass is 366 g/mol. The normalized spacial score (nSPS) is 37.7. The third-order valence-corrected chi connectivity index (χ3v) is 7.26. The Morgan fingerprint density at radius 1 is 1.04 bits per heavy atom. The van der Waals surface area contributed by atoms with Crippen molar-refractivity contribution >= 4 is 10.1 Å². The Kier molecular flexibility index (Phi) is 5.56. The summed E-state index contributed by atoms with van der Waals surface area (Å²) in [7, 11) is -5.06. The molecule has 0 spiro atoms. The average molecular weight is 366 g/mol. The van der Waals surface area contributed by atoms with Crippen molar-refractivity contribution in [2.45, 2.75) is 62.5 Å². The molecule has 0 N–H and O–H groups in total. The van der Waals surface area contributed by atoms with Crippen molar-refractivity contribution in [3.63, 3.8) is 0 Å². The Morgan fingerprint density at radius 3 is 1.74 bits per heavy atom. The van der Waals surface area contributed by atoms with Gasteiger partial charge in [-0.25, -0.2) is 26.0 Å². The van der Waals surface area contributed by atoms with E-state index < -0.39 is 39.6 Å². The molecule has 4 aliphatic rings. The van der Waals surface area contributed by atoms with E-state index >= 15 is 0 Å². The standard InChI is InChI=1S/C14H20F4O3S.Na/c15-12(16)14(17,18)7-11(22(19,20)21)13-4-8-1-9(5-13)3-10(2-8)6-13;/h8-12H,1-7H2,(H,19,20,21);/q;+1/p-1. The van der Waals surface area contributed by atoms with E-state index in [1.165, 1.54) is 0 Å². The van der Waals surface area contributed by atoms with Crippen molar-refractivity contribution in [3.8, 4) is 0 Å². The maximum Gasteiger partial charge on any atom is 1.00 e. The molecular weight excluding hydrogens is 347 g/mol. The van der Waals surface area contributed by atoms with Gasteiger partial charge in [-0.3, -0.25) is 0 Å². The van der Waals surface area contributed by atoms with E-state index in [-0.39, 0.29) is 47.3 Å². The van der Waals surface area contributed by atoms with Crippen LogP contribution >= 0.6 is 0 Å². The molecule has 23 heavy (non-hydrogen) atoms. The molecule has 1 unspecified atom stereocenters. The van der Waals surface area contributed by atoms with Crippen molar-refractivity contribution in [3.05, 3.63) is 0 Å². The molecule has 4 bridgehead atoms. The summed E-state index contributed by atoms with van der Waals surface area (Å²) in [6.45, 7) is 0. The van der Waals surface area contributed by atoms with Crippen molar-refractivity contribution < 1.29 is 60.1 Å². The van der Waals surface area contributed by atoms with Crippen LogP contribution in [0.5, 0.6) is 0 Å². The van der Waals surface area contributed by atoms with Gasteiger partial charge in [-0.1, -0.05) is 0 Å². The number of alkyl halides is 4. The van der Waals surface area contributed by atoms with Crippen LogP contribution in [-0.2, 0) is 10.1 Å². The quantitative estimate of drug-likeness (QED) is 0.402. The van der Waals surface area contributed by atoms with Crippen LogP contribution in [0.15, 0.2) is 0 Å². The fraction of sp³-hybridized carbons (Fsp3) is 1.00. The van der Waals surface area contributed by atoms with Crippen LogP contribution in [0.25, 0.3) is 0 Å². The summed E-state index contributed by atoms with van der Waals surface area (Å²) in [6, 6.07) is 0. The topological polar surface area (TPSA) is 57.2 Å². The van der Waals surface area contributed by atoms with Gasteiger partial charge in [0, 0.05) is 6.42 Å². The molecule has 0 heterocycles. The van der Waals surface area contributed by atoms with Crippen LogP contribution in [-0.4, -0.2) is 30.6 Å². The molecule has 128 valence electrons. The van der Waals surface area contributed by atoms with E-state index in [4.69, 9.17) is 0 Å². The minimum absolute atomic E-state index is 0. The number of rotatable bonds is 5. The van der Waals surface area contributed by atoms with Gasteiger partial charge < -0.3 is 4.55 Å². The molecule has 1 atom stereocenters. The van der Waals surface area contributed by atoms with Crippen LogP contribution in [0.3, 0.4) is 0 Å². The minimum atomic E-state index is -5.06. The van der Waals surface area contributed by atoms with E-state index in [2.05, 4.69) is 0 Å². The van der Waals surface area contributed by atoms with Crippen molar-refractivity contribution in [2.24, 2.45) is 23.2 Å². The van der Waals surface area contributed by atoms with E-state index in [1.54, 1.807) is 0 Å². The zero-order chi connectivity index (χ0) is 16.3. The van der Waals surface area contributed by atoms with Gasteiger partial charge in [0.2, 0.25) is 0 Å². The molecule has 0 saturated heterocycles. The molecule has 0 aromatic rings. The predicted molar refractivity (Wildman–Crippen MR) is 69.7 cm³/mol. The minimum Gasteiger partial charge on any atom is -0.748 e. The van der Waals surface area contributed by atoms with Crippen molar-refractivity contribution in [1.29, 1.82) is 0 Å². The van der Waals surface area contributed by atoms with Crippen LogP contribution in [0.2, 0.25) is 0 Å². The maximum absolute atomic E-state index is 13.5. The van der Waals surface area contributed by atoms with Gasteiger partial charge in [-0.2, -0.15) is 0 Å². The van der Waals surface area contributed by atoms with Gasteiger partial charge >= 0.3 is 41.9 Å². The van der Waals surface area contributed by atoms with Gasteiger partial charge in [0.1, 0.15) is 0 Å². The first-order chi connectivity index (χ1) is 10.0. The summed E-state index contributed by atoms with van der Waals surface area (Å²) in [6.07, 6.45) is -1.46. The molecule has 0 aromatic heterocycles. The first-order valence-corrected chi connectivity index (χ1v) is 9.10. The molecule has 3 nitrogen and oxygen atoms in total. The molecule has 4 fully saturated rings. The van der Waals surface area contributed by atoms with Crippen LogP contribution in [0, 0.1) is 23.2 Å². The van der Waals surface area contributed by atoms with E-state index in [0.717, 1.165) is 19.3 Å². The van der Waals surface area contributed by atoms with Gasteiger partial charge in [0.05, 0.1) is 15.4 Å². The van der Waals surface area contributed by atoms with Crippen molar-refractivity contribution in [1.82, 2.24) is 0 Å². The van der Waals surface area contributed by atoms with Gasteiger partial charge in [-0.05, 0) is 61.7 Å². The summed E-state index contributed by atoms with van der Waals surface area (Å²) >= 11 is 0. The second kappa shape index (κ2) is 6.41. The summed E-state index contributed by atoms with van der Waals surface area (Å²) in [4.78, 5) is 0. The maximum atomic E-state index is 13.5. The fourth-order valence-electron chi connectivity index (χ4n) is 5.53. The number of halogens is 4. The first-order valence-electron chi connectivity index (χ1n) is 7.62. The summed E-state index contributed by atoms with van der Waals surface area (Å²) in [5.41, 5.74) is -1.02. The zero-order valence-corrected chi connectivity index (χ0v) is 15.8. The molecule has 0 amide bonds. The van der Waals surface area contributed by atoms with Gasteiger partial charge in [0.15, 0.2) is 0 Å². The van der Waals surface area contributed by atoms with Crippen LogP contribution in [0.1, 0.15) is 44.9 Å². The van der Waals surface area contributed by atoms with Crippen molar-refractivity contribution in [2.75, 3.05) is 0 Å². The zero-order valence-electron chi connectivity index (χ0n) is 13.0. The molecule has 4 rings (SSSR count). The summed E-state index contributed by atoms with van der Waals surface area (Å²) in [5, 5.41) is -1.91. The third-order valence-electron chi connectivity index (χ3n) is 5.89. The Bertz CT molecular complexity index is 517. The SMILES string of the molecule is O=S(=O)([O-])C(CC(F)(F)C(F)F)C12CC3CC(CC(C3)C1)C2.[Na+]. The Hall–Kier alpha value is 0.630. The summed E-state index contributed by atoms with van der Waals surface area (Å²) < 4.78 is 86.7. The molecule has 9 heteroatoms. The Balaban J connectivity index is 0.00000192. The number of hydrogen-bond acceptors (Lipinski definition) is 3.